The normalized spacial score (nSPS) is 9.82. The zero-order chi connectivity index (χ0) is 12.8. The SMILES string of the molecule is C=C(CNc1ccc(I)cc1Cl)C(=O)OCC. The summed E-state index contributed by atoms with van der Waals surface area (Å²) in [6, 6.07) is 5.64. The second kappa shape index (κ2) is 6.86. The molecular weight excluding hydrogens is 352 g/mol. The number of halogens is 2. The van der Waals surface area contributed by atoms with Gasteiger partial charge in [-0.1, -0.05) is 18.2 Å². The van der Waals surface area contributed by atoms with Gasteiger partial charge >= 0.3 is 5.97 Å². The van der Waals surface area contributed by atoms with Crippen molar-refractivity contribution in [1.82, 2.24) is 0 Å². The molecule has 0 saturated carbocycles. The number of anilines is 1. The lowest BCUT2D eigenvalue weighted by atomic mass is 10.2. The predicted molar refractivity (Wildman–Crippen MR) is 78.4 cm³/mol. The molecule has 0 amide bonds. The molecule has 0 aliphatic carbocycles. The molecule has 0 aliphatic rings. The van der Waals surface area contributed by atoms with Crippen LogP contribution in [0.3, 0.4) is 0 Å². The maximum Gasteiger partial charge on any atom is 0.335 e. The van der Waals surface area contributed by atoms with Crippen molar-refractivity contribution >= 4 is 45.8 Å². The molecule has 1 aromatic rings. The second-order valence-corrected chi connectivity index (χ2v) is 4.95. The van der Waals surface area contributed by atoms with E-state index in [9.17, 15) is 4.79 Å². The summed E-state index contributed by atoms with van der Waals surface area (Å²) in [7, 11) is 0. The van der Waals surface area contributed by atoms with Gasteiger partial charge in [0.2, 0.25) is 0 Å². The standard InChI is InChI=1S/C12H13ClINO2/c1-3-17-12(16)8(2)7-15-11-5-4-9(14)6-10(11)13/h4-6,15H,2-3,7H2,1H3. The third kappa shape index (κ3) is 4.55. The minimum absolute atomic E-state index is 0.319. The lowest BCUT2D eigenvalue weighted by Gasteiger charge is -2.10. The molecule has 92 valence electrons. The molecule has 1 rings (SSSR count). The van der Waals surface area contributed by atoms with Crippen LogP contribution in [0.5, 0.6) is 0 Å². The third-order valence-electron chi connectivity index (χ3n) is 1.99. The van der Waals surface area contributed by atoms with Crippen molar-refractivity contribution in [2.75, 3.05) is 18.5 Å². The van der Waals surface area contributed by atoms with E-state index in [1.165, 1.54) is 0 Å². The van der Waals surface area contributed by atoms with Crippen LogP contribution in [0.4, 0.5) is 5.69 Å². The Kier molecular flexibility index (Phi) is 5.77. The summed E-state index contributed by atoms with van der Waals surface area (Å²) in [6.07, 6.45) is 0. The fourth-order valence-corrected chi connectivity index (χ4v) is 2.06. The molecule has 0 atom stereocenters. The molecule has 0 saturated heterocycles. The van der Waals surface area contributed by atoms with E-state index >= 15 is 0 Å². The van der Waals surface area contributed by atoms with Gasteiger partial charge in [0.1, 0.15) is 0 Å². The Hall–Kier alpha value is -0.750. The van der Waals surface area contributed by atoms with Crippen LogP contribution in [-0.2, 0) is 9.53 Å². The van der Waals surface area contributed by atoms with Crippen LogP contribution in [0.15, 0.2) is 30.4 Å². The number of rotatable bonds is 5. The molecule has 5 heteroatoms. The first kappa shape index (κ1) is 14.3. The molecule has 0 bridgehead atoms. The van der Waals surface area contributed by atoms with Gasteiger partial charge in [-0.3, -0.25) is 0 Å². The fraction of sp³-hybridized carbons (Fsp3) is 0.250. The van der Waals surface area contributed by atoms with Crippen molar-refractivity contribution < 1.29 is 9.53 Å². The number of carbonyl (C=O) groups is 1. The van der Waals surface area contributed by atoms with Gasteiger partial charge in [0.25, 0.3) is 0 Å². The van der Waals surface area contributed by atoms with E-state index in [0.29, 0.717) is 23.7 Å². The van der Waals surface area contributed by atoms with Gasteiger partial charge in [0.15, 0.2) is 0 Å². The molecule has 0 radical (unpaired) electrons. The Morgan fingerprint density at radius 2 is 2.29 bits per heavy atom. The van der Waals surface area contributed by atoms with Crippen molar-refractivity contribution in [3.63, 3.8) is 0 Å². The van der Waals surface area contributed by atoms with Crippen LogP contribution >= 0.6 is 34.2 Å². The largest absolute Gasteiger partial charge is 0.463 e. The van der Waals surface area contributed by atoms with Gasteiger partial charge in [-0.25, -0.2) is 4.79 Å². The van der Waals surface area contributed by atoms with Gasteiger partial charge in [0.05, 0.1) is 17.3 Å². The summed E-state index contributed by atoms with van der Waals surface area (Å²) in [6.45, 7) is 6.08. The molecule has 1 N–H and O–H groups in total. The van der Waals surface area contributed by atoms with Crippen molar-refractivity contribution in [2.24, 2.45) is 0 Å². The number of ether oxygens (including phenoxy) is 1. The van der Waals surface area contributed by atoms with Crippen molar-refractivity contribution in [3.8, 4) is 0 Å². The number of benzene rings is 1. The van der Waals surface area contributed by atoms with Crippen LogP contribution in [0.25, 0.3) is 0 Å². The van der Waals surface area contributed by atoms with E-state index in [2.05, 4.69) is 34.5 Å². The van der Waals surface area contributed by atoms with Gasteiger partial charge in [-0.15, -0.1) is 0 Å². The van der Waals surface area contributed by atoms with Gasteiger partial charge < -0.3 is 10.1 Å². The number of hydrogen-bond acceptors (Lipinski definition) is 3. The molecule has 0 spiro atoms. The first-order valence-corrected chi connectivity index (χ1v) is 6.54. The predicted octanol–water partition coefficient (Wildman–Crippen LogP) is 3.48. The molecule has 0 aromatic heterocycles. The lowest BCUT2D eigenvalue weighted by molar-refractivity contribution is -0.138. The van der Waals surface area contributed by atoms with Crippen LogP contribution in [0, 0.1) is 3.57 Å². The molecule has 1 aromatic carbocycles. The summed E-state index contributed by atoms with van der Waals surface area (Å²) < 4.78 is 5.89. The smallest absolute Gasteiger partial charge is 0.335 e. The molecule has 0 fully saturated rings. The zero-order valence-electron chi connectivity index (χ0n) is 9.43. The zero-order valence-corrected chi connectivity index (χ0v) is 12.3. The fourth-order valence-electron chi connectivity index (χ4n) is 1.14. The molecular formula is C12H13ClINO2. The highest BCUT2D eigenvalue weighted by Crippen LogP contribution is 2.23. The van der Waals surface area contributed by atoms with E-state index in [-0.39, 0.29) is 5.97 Å². The third-order valence-corrected chi connectivity index (χ3v) is 2.97. The highest BCUT2D eigenvalue weighted by Gasteiger charge is 2.08. The van der Waals surface area contributed by atoms with Gasteiger partial charge in [-0.2, -0.15) is 0 Å². The summed E-state index contributed by atoms with van der Waals surface area (Å²) in [5.74, 6) is -0.387. The van der Waals surface area contributed by atoms with Gasteiger partial charge in [-0.05, 0) is 47.7 Å². The summed E-state index contributed by atoms with van der Waals surface area (Å²) in [5, 5.41) is 3.66. The molecule has 17 heavy (non-hydrogen) atoms. The van der Waals surface area contributed by atoms with Crippen LogP contribution in [-0.4, -0.2) is 19.1 Å². The lowest BCUT2D eigenvalue weighted by Crippen LogP contribution is -2.14. The number of esters is 1. The average molecular weight is 366 g/mol. The quantitative estimate of drug-likeness (QED) is 0.493. The number of nitrogens with one attached hydrogen (secondary N) is 1. The Morgan fingerprint density at radius 3 is 2.88 bits per heavy atom. The van der Waals surface area contributed by atoms with E-state index in [1.807, 2.05) is 18.2 Å². The maximum absolute atomic E-state index is 11.3. The minimum Gasteiger partial charge on any atom is -0.463 e. The number of hydrogen-bond donors (Lipinski definition) is 1. The minimum atomic E-state index is -0.387. The van der Waals surface area contributed by atoms with Crippen LogP contribution in [0.1, 0.15) is 6.92 Å². The van der Waals surface area contributed by atoms with E-state index < -0.39 is 0 Å². The van der Waals surface area contributed by atoms with E-state index in [4.69, 9.17) is 16.3 Å². The summed E-state index contributed by atoms with van der Waals surface area (Å²) in [5.41, 5.74) is 1.15. The highest BCUT2D eigenvalue weighted by molar-refractivity contribution is 14.1. The molecule has 0 heterocycles. The van der Waals surface area contributed by atoms with E-state index in [1.54, 1.807) is 6.92 Å². The summed E-state index contributed by atoms with van der Waals surface area (Å²) >= 11 is 8.22. The molecule has 3 nitrogen and oxygen atoms in total. The average Bonchev–Trinajstić information content (AvgIpc) is 2.27. The topological polar surface area (TPSA) is 38.3 Å². The van der Waals surface area contributed by atoms with Crippen LogP contribution in [0.2, 0.25) is 5.02 Å². The maximum atomic E-state index is 11.3. The van der Waals surface area contributed by atoms with Crippen LogP contribution < -0.4 is 5.32 Å². The Bertz CT molecular complexity index is 435. The molecule has 0 aliphatic heterocycles. The first-order valence-electron chi connectivity index (χ1n) is 5.08. The number of carbonyl (C=O) groups excluding carboxylic acids is 1. The highest BCUT2D eigenvalue weighted by atomic mass is 127. The van der Waals surface area contributed by atoms with E-state index in [0.717, 1.165) is 9.26 Å². The first-order chi connectivity index (χ1) is 8.04. The Morgan fingerprint density at radius 1 is 1.59 bits per heavy atom. The molecule has 0 unspecified atom stereocenters. The summed E-state index contributed by atoms with van der Waals surface area (Å²) in [4.78, 5) is 11.3. The Labute approximate surface area is 119 Å². The van der Waals surface area contributed by atoms with Crippen molar-refractivity contribution in [1.29, 1.82) is 0 Å². The van der Waals surface area contributed by atoms with Crippen molar-refractivity contribution in [2.45, 2.75) is 6.92 Å². The van der Waals surface area contributed by atoms with Gasteiger partial charge in [0, 0.05) is 15.7 Å². The Balaban J connectivity index is 2.56. The monoisotopic (exact) mass is 365 g/mol. The van der Waals surface area contributed by atoms with Crippen molar-refractivity contribution in [3.05, 3.63) is 38.9 Å². The second-order valence-electron chi connectivity index (χ2n) is 3.30.